The van der Waals surface area contributed by atoms with E-state index >= 15 is 0 Å². The molecule has 1 unspecified atom stereocenters. The molecule has 5 heteroatoms. The molecule has 104 valence electrons. The molecule has 0 radical (unpaired) electrons. The van der Waals surface area contributed by atoms with Crippen molar-refractivity contribution in [1.82, 2.24) is 5.32 Å². The van der Waals surface area contributed by atoms with Crippen molar-refractivity contribution in [3.05, 3.63) is 23.3 Å². The van der Waals surface area contributed by atoms with E-state index in [0.29, 0.717) is 30.3 Å². The van der Waals surface area contributed by atoms with Crippen molar-refractivity contribution in [2.75, 3.05) is 19.8 Å². The summed E-state index contributed by atoms with van der Waals surface area (Å²) in [5.74, 6) is 1.01. The largest absolute Gasteiger partial charge is 0.486 e. The van der Waals surface area contributed by atoms with Crippen LogP contribution in [0.1, 0.15) is 42.9 Å². The normalized spacial score (nSPS) is 22.6. The molecule has 2 heterocycles. The van der Waals surface area contributed by atoms with Gasteiger partial charge in [0.15, 0.2) is 11.5 Å². The van der Waals surface area contributed by atoms with Crippen LogP contribution in [0.2, 0.25) is 0 Å². The lowest BCUT2D eigenvalue weighted by atomic mass is 9.93. The minimum Gasteiger partial charge on any atom is -0.486 e. The van der Waals surface area contributed by atoms with Crippen molar-refractivity contribution in [3.63, 3.8) is 0 Å². The molecule has 0 spiro atoms. The molecule has 0 aromatic heterocycles. The third-order valence-electron chi connectivity index (χ3n) is 3.67. The zero-order valence-corrected chi connectivity index (χ0v) is 10.6. The van der Waals surface area contributed by atoms with Crippen LogP contribution in [0.25, 0.3) is 0 Å². The van der Waals surface area contributed by atoms with E-state index in [0.717, 1.165) is 25.8 Å². The number of fused-ring (bicyclic) bond motifs is 1. The lowest BCUT2D eigenvalue weighted by molar-refractivity contribution is 0.144. The Morgan fingerprint density at radius 3 is 2.47 bits per heavy atom. The molecule has 0 bridgehead atoms. The molecule has 0 amide bonds. The Labute approximate surface area is 110 Å². The van der Waals surface area contributed by atoms with Crippen LogP contribution in [0.3, 0.4) is 0 Å². The number of hydrogen-bond acceptors (Lipinski definition) is 3. The van der Waals surface area contributed by atoms with Crippen LogP contribution in [0.4, 0.5) is 8.78 Å². The van der Waals surface area contributed by atoms with Crippen LogP contribution < -0.4 is 14.8 Å². The standard InChI is InChI=1S/C14H17F2NO2/c15-14(16)10-8-13-12(18-5-6-19-13)7-9(10)11-3-1-2-4-17-11/h7-8,11,14,17H,1-6H2. The number of benzene rings is 1. The quantitative estimate of drug-likeness (QED) is 0.894. The van der Waals surface area contributed by atoms with Gasteiger partial charge in [-0.2, -0.15) is 0 Å². The van der Waals surface area contributed by atoms with Crippen molar-refractivity contribution >= 4 is 0 Å². The molecule has 3 nitrogen and oxygen atoms in total. The monoisotopic (exact) mass is 269 g/mol. The zero-order valence-electron chi connectivity index (χ0n) is 10.6. The SMILES string of the molecule is FC(F)c1cc2c(cc1C1CCCCN1)OCCO2. The van der Waals surface area contributed by atoms with Gasteiger partial charge in [0.05, 0.1) is 0 Å². The third kappa shape index (κ3) is 2.52. The molecule has 0 saturated carbocycles. The summed E-state index contributed by atoms with van der Waals surface area (Å²) >= 11 is 0. The second-order valence-electron chi connectivity index (χ2n) is 4.93. The minimum atomic E-state index is -2.49. The summed E-state index contributed by atoms with van der Waals surface area (Å²) in [4.78, 5) is 0. The van der Waals surface area contributed by atoms with Crippen LogP contribution >= 0.6 is 0 Å². The summed E-state index contributed by atoms with van der Waals surface area (Å²) in [6.45, 7) is 1.76. The van der Waals surface area contributed by atoms with Crippen molar-refractivity contribution in [2.24, 2.45) is 0 Å². The van der Waals surface area contributed by atoms with E-state index < -0.39 is 6.43 Å². The maximum atomic E-state index is 13.2. The van der Waals surface area contributed by atoms with Crippen LogP contribution in [0, 0.1) is 0 Å². The number of halogens is 2. The summed E-state index contributed by atoms with van der Waals surface area (Å²) in [5, 5.41) is 3.31. The maximum Gasteiger partial charge on any atom is 0.264 e. The van der Waals surface area contributed by atoms with E-state index in [2.05, 4.69) is 5.32 Å². The fourth-order valence-electron chi connectivity index (χ4n) is 2.73. The maximum absolute atomic E-state index is 13.2. The third-order valence-corrected chi connectivity index (χ3v) is 3.67. The summed E-state index contributed by atoms with van der Waals surface area (Å²) in [7, 11) is 0. The molecule has 19 heavy (non-hydrogen) atoms. The summed E-state index contributed by atoms with van der Waals surface area (Å²) in [6, 6.07) is 3.15. The Bertz CT molecular complexity index is 459. The van der Waals surface area contributed by atoms with Crippen molar-refractivity contribution in [3.8, 4) is 11.5 Å². The highest BCUT2D eigenvalue weighted by molar-refractivity contribution is 5.49. The van der Waals surface area contributed by atoms with Gasteiger partial charge < -0.3 is 14.8 Å². The molecular weight excluding hydrogens is 252 g/mol. The van der Waals surface area contributed by atoms with Gasteiger partial charge in [-0.05, 0) is 37.1 Å². The second-order valence-corrected chi connectivity index (χ2v) is 4.93. The predicted molar refractivity (Wildman–Crippen MR) is 67.0 cm³/mol. The molecule has 2 aliphatic heterocycles. The molecule has 0 aliphatic carbocycles. The van der Waals surface area contributed by atoms with E-state index in [1.165, 1.54) is 6.07 Å². The fourth-order valence-corrected chi connectivity index (χ4v) is 2.73. The first kappa shape index (κ1) is 12.7. The van der Waals surface area contributed by atoms with Gasteiger partial charge in [0.25, 0.3) is 6.43 Å². The van der Waals surface area contributed by atoms with Gasteiger partial charge in [-0.25, -0.2) is 8.78 Å². The number of hydrogen-bond donors (Lipinski definition) is 1. The minimum absolute atomic E-state index is 0.00595. The van der Waals surface area contributed by atoms with Gasteiger partial charge in [-0.1, -0.05) is 6.42 Å². The van der Waals surface area contributed by atoms with Crippen molar-refractivity contribution in [2.45, 2.75) is 31.7 Å². The first-order valence-electron chi connectivity index (χ1n) is 6.70. The van der Waals surface area contributed by atoms with Crippen LogP contribution in [0.15, 0.2) is 12.1 Å². The van der Waals surface area contributed by atoms with Crippen molar-refractivity contribution in [1.29, 1.82) is 0 Å². The predicted octanol–water partition coefficient (Wildman–Crippen LogP) is 3.21. The highest BCUT2D eigenvalue weighted by Crippen LogP contribution is 2.40. The van der Waals surface area contributed by atoms with E-state index in [9.17, 15) is 8.78 Å². The Kier molecular flexibility index (Phi) is 3.55. The van der Waals surface area contributed by atoms with Crippen LogP contribution in [0.5, 0.6) is 11.5 Å². The van der Waals surface area contributed by atoms with Crippen LogP contribution in [-0.2, 0) is 0 Å². The molecule has 3 rings (SSSR count). The zero-order chi connectivity index (χ0) is 13.2. The lowest BCUT2D eigenvalue weighted by Gasteiger charge is -2.28. The molecule has 1 fully saturated rings. The average molecular weight is 269 g/mol. The molecule has 1 N–H and O–H groups in total. The average Bonchev–Trinajstić information content (AvgIpc) is 2.46. The summed E-state index contributed by atoms with van der Waals surface area (Å²) in [5.41, 5.74) is 0.711. The lowest BCUT2D eigenvalue weighted by Crippen LogP contribution is -2.28. The van der Waals surface area contributed by atoms with Crippen molar-refractivity contribution < 1.29 is 18.3 Å². The number of alkyl halides is 2. The van der Waals surface area contributed by atoms with E-state index in [4.69, 9.17) is 9.47 Å². The molecule has 2 aliphatic rings. The Balaban J connectivity index is 2.00. The number of ether oxygens (including phenoxy) is 2. The first-order valence-corrected chi connectivity index (χ1v) is 6.70. The van der Waals surface area contributed by atoms with Gasteiger partial charge in [0.2, 0.25) is 0 Å². The van der Waals surface area contributed by atoms with E-state index in [1.807, 2.05) is 0 Å². The van der Waals surface area contributed by atoms with Crippen LogP contribution in [-0.4, -0.2) is 19.8 Å². The summed E-state index contributed by atoms with van der Waals surface area (Å²) < 4.78 is 37.3. The second kappa shape index (κ2) is 5.33. The van der Waals surface area contributed by atoms with E-state index in [1.54, 1.807) is 6.07 Å². The van der Waals surface area contributed by atoms with Gasteiger partial charge in [-0.3, -0.25) is 0 Å². The van der Waals surface area contributed by atoms with Gasteiger partial charge >= 0.3 is 0 Å². The number of nitrogens with one attached hydrogen (secondary N) is 1. The Hall–Kier alpha value is -1.36. The molecule has 1 saturated heterocycles. The number of piperidine rings is 1. The van der Waals surface area contributed by atoms with Gasteiger partial charge in [0.1, 0.15) is 13.2 Å². The van der Waals surface area contributed by atoms with Gasteiger partial charge in [-0.15, -0.1) is 0 Å². The Morgan fingerprint density at radius 1 is 1.11 bits per heavy atom. The number of rotatable bonds is 2. The topological polar surface area (TPSA) is 30.5 Å². The Morgan fingerprint density at radius 2 is 1.84 bits per heavy atom. The fraction of sp³-hybridized carbons (Fsp3) is 0.571. The summed E-state index contributed by atoms with van der Waals surface area (Å²) in [6.07, 6.45) is 0.564. The smallest absolute Gasteiger partial charge is 0.264 e. The molecule has 1 aromatic rings. The highest BCUT2D eigenvalue weighted by atomic mass is 19.3. The first-order chi connectivity index (χ1) is 9.25. The highest BCUT2D eigenvalue weighted by Gasteiger charge is 2.26. The van der Waals surface area contributed by atoms with E-state index in [-0.39, 0.29) is 11.6 Å². The molecule has 1 atom stereocenters. The molecule has 1 aromatic carbocycles. The molecular formula is C14H17F2NO2. The van der Waals surface area contributed by atoms with Gasteiger partial charge in [0, 0.05) is 11.6 Å².